The highest BCUT2D eigenvalue weighted by molar-refractivity contribution is 5.95. The van der Waals surface area contributed by atoms with E-state index in [2.05, 4.69) is 30.2 Å². The SMILES string of the molecule is COc1cc([C@H](C)c2ncc(F)cn2)c2c(Nc3cn(C)cn3)nc(N)nc2c1. The summed E-state index contributed by atoms with van der Waals surface area (Å²) in [4.78, 5) is 21.3. The average molecular weight is 394 g/mol. The highest BCUT2D eigenvalue weighted by Gasteiger charge is 2.21. The van der Waals surface area contributed by atoms with Gasteiger partial charge in [0.2, 0.25) is 5.95 Å². The smallest absolute Gasteiger partial charge is 0.222 e. The van der Waals surface area contributed by atoms with Crippen LogP contribution < -0.4 is 15.8 Å². The lowest BCUT2D eigenvalue weighted by Crippen LogP contribution is -2.08. The van der Waals surface area contributed by atoms with Gasteiger partial charge in [-0.1, -0.05) is 6.92 Å². The first-order valence-corrected chi connectivity index (χ1v) is 8.82. The van der Waals surface area contributed by atoms with E-state index < -0.39 is 5.82 Å². The van der Waals surface area contributed by atoms with E-state index in [0.717, 1.165) is 23.3 Å². The molecule has 0 fully saturated rings. The van der Waals surface area contributed by atoms with E-state index in [4.69, 9.17) is 10.5 Å². The van der Waals surface area contributed by atoms with Gasteiger partial charge >= 0.3 is 0 Å². The molecule has 0 amide bonds. The zero-order valence-electron chi connectivity index (χ0n) is 16.1. The summed E-state index contributed by atoms with van der Waals surface area (Å²) in [6, 6.07) is 3.64. The minimum absolute atomic E-state index is 0.112. The van der Waals surface area contributed by atoms with Crippen LogP contribution in [0.15, 0.2) is 37.1 Å². The number of nitrogens with zero attached hydrogens (tertiary/aromatic N) is 6. The zero-order chi connectivity index (χ0) is 20.5. The van der Waals surface area contributed by atoms with Crippen molar-refractivity contribution >= 4 is 28.5 Å². The fourth-order valence-electron chi connectivity index (χ4n) is 3.12. The van der Waals surface area contributed by atoms with E-state index in [1.54, 1.807) is 19.5 Å². The lowest BCUT2D eigenvalue weighted by atomic mass is 9.95. The third-order valence-corrected chi connectivity index (χ3v) is 4.50. The summed E-state index contributed by atoms with van der Waals surface area (Å²) in [5, 5.41) is 3.93. The van der Waals surface area contributed by atoms with Crippen LogP contribution in [0.25, 0.3) is 10.9 Å². The van der Waals surface area contributed by atoms with Crippen LogP contribution in [0.3, 0.4) is 0 Å². The molecule has 0 radical (unpaired) electrons. The highest BCUT2D eigenvalue weighted by atomic mass is 19.1. The molecule has 3 heterocycles. The molecule has 3 N–H and O–H groups in total. The molecular formula is C19H19FN8O. The number of benzene rings is 1. The molecule has 0 unspecified atom stereocenters. The number of nitrogens with one attached hydrogen (secondary N) is 1. The molecule has 4 aromatic rings. The molecule has 0 bridgehead atoms. The lowest BCUT2D eigenvalue weighted by Gasteiger charge is -2.17. The maximum absolute atomic E-state index is 13.3. The number of halogens is 1. The van der Waals surface area contributed by atoms with Gasteiger partial charge in [-0.3, -0.25) is 0 Å². The van der Waals surface area contributed by atoms with Crippen LogP contribution in [-0.2, 0) is 7.05 Å². The van der Waals surface area contributed by atoms with E-state index in [1.807, 2.05) is 30.8 Å². The van der Waals surface area contributed by atoms with Crippen molar-refractivity contribution in [2.45, 2.75) is 12.8 Å². The largest absolute Gasteiger partial charge is 0.497 e. The zero-order valence-corrected chi connectivity index (χ0v) is 16.1. The van der Waals surface area contributed by atoms with Crippen LogP contribution in [0.4, 0.5) is 22.0 Å². The molecule has 1 aromatic carbocycles. The Labute approximate surface area is 165 Å². The van der Waals surface area contributed by atoms with Crippen LogP contribution in [0.2, 0.25) is 0 Å². The van der Waals surface area contributed by atoms with Gasteiger partial charge in [-0.05, 0) is 11.6 Å². The molecule has 9 nitrogen and oxygen atoms in total. The molecular weight excluding hydrogens is 375 g/mol. The molecule has 0 saturated heterocycles. The van der Waals surface area contributed by atoms with E-state index in [-0.39, 0.29) is 11.9 Å². The van der Waals surface area contributed by atoms with Gasteiger partial charge in [0.25, 0.3) is 0 Å². The third kappa shape index (κ3) is 3.64. The fourth-order valence-corrected chi connectivity index (χ4v) is 3.12. The highest BCUT2D eigenvalue weighted by Crippen LogP contribution is 2.36. The van der Waals surface area contributed by atoms with Crippen molar-refractivity contribution < 1.29 is 9.13 Å². The van der Waals surface area contributed by atoms with Gasteiger partial charge in [0, 0.05) is 30.6 Å². The molecule has 1 atom stereocenters. The Balaban J connectivity index is 1.92. The van der Waals surface area contributed by atoms with Crippen molar-refractivity contribution in [2.24, 2.45) is 7.05 Å². The van der Waals surface area contributed by atoms with Crippen molar-refractivity contribution in [3.8, 4) is 5.75 Å². The van der Waals surface area contributed by atoms with Crippen LogP contribution in [0, 0.1) is 5.82 Å². The number of ether oxygens (including phenoxy) is 1. The van der Waals surface area contributed by atoms with Gasteiger partial charge in [-0.2, -0.15) is 4.98 Å². The van der Waals surface area contributed by atoms with Crippen molar-refractivity contribution in [1.29, 1.82) is 0 Å². The van der Waals surface area contributed by atoms with Gasteiger partial charge < -0.3 is 20.4 Å². The number of fused-ring (bicyclic) bond motifs is 1. The molecule has 3 aromatic heterocycles. The first-order chi connectivity index (χ1) is 13.9. The molecule has 148 valence electrons. The normalized spacial score (nSPS) is 12.1. The van der Waals surface area contributed by atoms with Crippen LogP contribution in [0.5, 0.6) is 5.75 Å². The summed E-state index contributed by atoms with van der Waals surface area (Å²) in [5.41, 5.74) is 7.34. The number of hydrogen-bond donors (Lipinski definition) is 2. The second kappa shape index (κ2) is 7.30. The van der Waals surface area contributed by atoms with Gasteiger partial charge in [0.05, 0.1) is 31.3 Å². The van der Waals surface area contributed by atoms with E-state index in [0.29, 0.717) is 28.7 Å². The summed E-state index contributed by atoms with van der Waals surface area (Å²) in [5.74, 6) is 1.50. The Hall–Kier alpha value is -3.82. The molecule has 0 aliphatic carbocycles. The number of hydrogen-bond acceptors (Lipinski definition) is 8. The van der Waals surface area contributed by atoms with E-state index >= 15 is 0 Å². The summed E-state index contributed by atoms with van der Waals surface area (Å²) in [6.45, 7) is 1.92. The van der Waals surface area contributed by atoms with Crippen molar-refractivity contribution in [1.82, 2.24) is 29.5 Å². The second-order valence-corrected chi connectivity index (χ2v) is 6.57. The van der Waals surface area contributed by atoms with Crippen LogP contribution in [0.1, 0.15) is 24.2 Å². The van der Waals surface area contributed by atoms with E-state index in [1.165, 1.54) is 0 Å². The number of nitrogen functional groups attached to an aromatic ring is 1. The summed E-state index contributed by atoms with van der Waals surface area (Å²) >= 11 is 0. The molecule has 29 heavy (non-hydrogen) atoms. The Morgan fingerprint density at radius 2 is 1.93 bits per heavy atom. The molecule has 0 aliphatic rings. The minimum Gasteiger partial charge on any atom is -0.497 e. The number of methoxy groups -OCH3 is 1. The second-order valence-electron chi connectivity index (χ2n) is 6.57. The summed E-state index contributed by atoms with van der Waals surface area (Å²) in [6.07, 6.45) is 5.78. The fraction of sp³-hybridized carbons (Fsp3) is 0.211. The monoisotopic (exact) mass is 394 g/mol. The minimum atomic E-state index is -0.495. The predicted octanol–water partition coefficient (Wildman–Crippen LogP) is 2.78. The number of anilines is 3. The van der Waals surface area contributed by atoms with Crippen LogP contribution >= 0.6 is 0 Å². The topological polar surface area (TPSA) is 117 Å². The Morgan fingerprint density at radius 1 is 1.17 bits per heavy atom. The third-order valence-electron chi connectivity index (χ3n) is 4.50. The van der Waals surface area contributed by atoms with Crippen molar-refractivity contribution in [3.63, 3.8) is 0 Å². The Bertz CT molecular complexity index is 1180. The van der Waals surface area contributed by atoms with Gasteiger partial charge in [-0.25, -0.2) is 24.3 Å². The van der Waals surface area contributed by atoms with Gasteiger partial charge in [0.15, 0.2) is 5.82 Å². The molecule has 0 aliphatic heterocycles. The Kier molecular flexibility index (Phi) is 4.67. The maximum Gasteiger partial charge on any atom is 0.222 e. The molecule has 0 saturated carbocycles. The van der Waals surface area contributed by atoms with E-state index in [9.17, 15) is 4.39 Å². The van der Waals surface area contributed by atoms with Gasteiger partial charge in [-0.15, -0.1) is 0 Å². The molecule has 0 spiro atoms. The summed E-state index contributed by atoms with van der Waals surface area (Å²) in [7, 11) is 3.44. The molecule has 10 heteroatoms. The maximum atomic E-state index is 13.3. The standard InChI is InChI=1S/C19H19FN8O/c1-10(17-22-6-11(20)7-23-17)13-4-12(29-3)5-14-16(13)18(27-19(21)25-14)26-15-8-28(2)9-24-15/h4-10H,1-3H3,(H3,21,25,26,27)/t10-/m0/s1. The first-order valence-electron chi connectivity index (χ1n) is 8.82. The number of rotatable bonds is 5. The summed E-state index contributed by atoms with van der Waals surface area (Å²) < 4.78 is 20.5. The number of imidazole rings is 1. The first kappa shape index (κ1) is 18.5. The average Bonchev–Trinajstić information content (AvgIpc) is 3.11. The quantitative estimate of drug-likeness (QED) is 0.531. The van der Waals surface area contributed by atoms with Crippen LogP contribution in [-0.4, -0.2) is 36.6 Å². The lowest BCUT2D eigenvalue weighted by molar-refractivity contribution is 0.414. The Morgan fingerprint density at radius 3 is 2.59 bits per heavy atom. The van der Waals surface area contributed by atoms with Gasteiger partial charge in [0.1, 0.15) is 23.2 Å². The number of aromatic nitrogens is 6. The predicted molar refractivity (Wildman–Crippen MR) is 107 cm³/mol. The van der Waals surface area contributed by atoms with Crippen molar-refractivity contribution in [3.05, 3.63) is 54.3 Å². The van der Waals surface area contributed by atoms with Crippen molar-refractivity contribution in [2.75, 3.05) is 18.2 Å². The molecule has 4 rings (SSSR count). The number of nitrogens with two attached hydrogens (primary N) is 1. The number of aryl methyl sites for hydroxylation is 1.